The van der Waals surface area contributed by atoms with Gasteiger partial charge in [-0.1, -0.05) is 24.3 Å². The molecule has 5 nitrogen and oxygen atoms in total. The van der Waals surface area contributed by atoms with Crippen molar-refractivity contribution >= 4 is 5.82 Å². The summed E-state index contributed by atoms with van der Waals surface area (Å²) in [5, 5.41) is 6.69. The largest absolute Gasteiger partial charge is 0.364 e. The fourth-order valence-corrected chi connectivity index (χ4v) is 2.79. The van der Waals surface area contributed by atoms with Crippen LogP contribution < -0.4 is 16.2 Å². The van der Waals surface area contributed by atoms with E-state index in [0.717, 1.165) is 13.0 Å². The molecule has 1 aromatic heterocycles. The molecule has 5 heteroatoms. The van der Waals surface area contributed by atoms with E-state index in [1.54, 1.807) is 17.0 Å². The molecule has 0 amide bonds. The standard InChI is InChI=1S/C16H20N4O/c1-2-20-10-9-18-15(16(20)21)19-11-14-13-6-4-3-5-12(13)7-8-17-14/h3-6,9-10,14,17H,2,7-8,11H2,1H3,(H,18,19). The molecule has 0 bridgehead atoms. The van der Waals surface area contributed by atoms with Gasteiger partial charge in [0, 0.05) is 31.5 Å². The highest BCUT2D eigenvalue weighted by Crippen LogP contribution is 2.22. The number of hydrogen-bond donors (Lipinski definition) is 2. The average Bonchev–Trinajstić information content (AvgIpc) is 2.54. The molecule has 1 aromatic carbocycles. The minimum atomic E-state index is -0.0657. The normalized spacial score (nSPS) is 17.3. The molecule has 0 radical (unpaired) electrons. The van der Waals surface area contributed by atoms with Crippen LogP contribution in [0.4, 0.5) is 5.82 Å². The van der Waals surface area contributed by atoms with Crippen molar-refractivity contribution in [2.24, 2.45) is 0 Å². The number of rotatable bonds is 4. The van der Waals surface area contributed by atoms with Crippen molar-refractivity contribution in [2.75, 3.05) is 18.4 Å². The zero-order chi connectivity index (χ0) is 14.7. The zero-order valence-corrected chi connectivity index (χ0v) is 12.2. The summed E-state index contributed by atoms with van der Waals surface area (Å²) in [6.07, 6.45) is 4.43. The Balaban J connectivity index is 1.76. The summed E-state index contributed by atoms with van der Waals surface area (Å²) in [6.45, 7) is 4.22. The first-order valence-electron chi connectivity index (χ1n) is 7.40. The molecule has 0 fully saturated rings. The monoisotopic (exact) mass is 284 g/mol. The lowest BCUT2D eigenvalue weighted by Gasteiger charge is -2.27. The van der Waals surface area contributed by atoms with Crippen LogP contribution in [0.2, 0.25) is 0 Å². The third-order valence-corrected chi connectivity index (χ3v) is 3.94. The van der Waals surface area contributed by atoms with Gasteiger partial charge in [0.15, 0.2) is 5.82 Å². The lowest BCUT2D eigenvalue weighted by Crippen LogP contribution is -2.35. The van der Waals surface area contributed by atoms with Gasteiger partial charge in [-0.25, -0.2) is 4.98 Å². The predicted molar refractivity (Wildman–Crippen MR) is 83.6 cm³/mol. The first kappa shape index (κ1) is 13.8. The van der Waals surface area contributed by atoms with Crippen molar-refractivity contribution in [3.8, 4) is 0 Å². The second kappa shape index (κ2) is 6.10. The quantitative estimate of drug-likeness (QED) is 0.894. The number of benzene rings is 1. The van der Waals surface area contributed by atoms with Gasteiger partial charge in [-0.2, -0.15) is 0 Å². The van der Waals surface area contributed by atoms with Crippen LogP contribution in [-0.4, -0.2) is 22.6 Å². The van der Waals surface area contributed by atoms with E-state index in [-0.39, 0.29) is 11.6 Å². The Bertz CT molecular complexity index is 680. The molecule has 3 rings (SSSR count). The zero-order valence-electron chi connectivity index (χ0n) is 12.2. The van der Waals surface area contributed by atoms with Crippen LogP contribution in [0.15, 0.2) is 41.5 Å². The molecular weight excluding hydrogens is 264 g/mol. The summed E-state index contributed by atoms with van der Waals surface area (Å²) in [5.41, 5.74) is 2.63. The van der Waals surface area contributed by atoms with E-state index >= 15 is 0 Å². The molecule has 1 aliphatic rings. The number of aromatic nitrogens is 2. The van der Waals surface area contributed by atoms with Crippen LogP contribution in [0.3, 0.4) is 0 Å². The molecule has 1 atom stereocenters. The summed E-state index contributed by atoms with van der Waals surface area (Å²) in [6, 6.07) is 8.67. The molecular formula is C16H20N4O. The molecule has 0 saturated heterocycles. The minimum Gasteiger partial charge on any atom is -0.364 e. The van der Waals surface area contributed by atoms with Crippen molar-refractivity contribution < 1.29 is 0 Å². The molecule has 2 N–H and O–H groups in total. The Labute approximate surface area is 124 Å². The fraction of sp³-hybridized carbons (Fsp3) is 0.375. The first-order valence-corrected chi connectivity index (χ1v) is 7.40. The van der Waals surface area contributed by atoms with Crippen molar-refractivity contribution in [1.29, 1.82) is 0 Å². The summed E-state index contributed by atoms with van der Waals surface area (Å²) < 4.78 is 1.65. The molecule has 0 saturated carbocycles. The summed E-state index contributed by atoms with van der Waals surface area (Å²) in [4.78, 5) is 16.3. The lowest BCUT2D eigenvalue weighted by atomic mass is 9.94. The number of nitrogens with one attached hydrogen (secondary N) is 2. The SMILES string of the molecule is CCn1ccnc(NCC2NCCc3ccccc32)c1=O. The molecule has 2 aromatic rings. The summed E-state index contributed by atoms with van der Waals surface area (Å²) >= 11 is 0. The van der Waals surface area contributed by atoms with E-state index in [2.05, 4.69) is 39.9 Å². The Morgan fingerprint density at radius 1 is 1.43 bits per heavy atom. The fourth-order valence-electron chi connectivity index (χ4n) is 2.79. The number of hydrogen-bond acceptors (Lipinski definition) is 4. The number of nitrogens with zero attached hydrogens (tertiary/aromatic N) is 2. The Hall–Kier alpha value is -2.14. The van der Waals surface area contributed by atoms with Gasteiger partial charge in [0.25, 0.3) is 5.56 Å². The van der Waals surface area contributed by atoms with Gasteiger partial charge in [-0.3, -0.25) is 4.79 Å². The third kappa shape index (κ3) is 2.83. The maximum atomic E-state index is 12.1. The smallest absolute Gasteiger partial charge is 0.293 e. The van der Waals surface area contributed by atoms with Crippen LogP contribution in [0, 0.1) is 0 Å². The van der Waals surface area contributed by atoms with Crippen molar-refractivity contribution in [3.05, 3.63) is 58.1 Å². The number of fused-ring (bicyclic) bond motifs is 1. The van der Waals surface area contributed by atoms with Crippen LogP contribution in [0.25, 0.3) is 0 Å². The van der Waals surface area contributed by atoms with Gasteiger partial charge >= 0.3 is 0 Å². The van der Waals surface area contributed by atoms with E-state index in [9.17, 15) is 4.79 Å². The molecule has 0 aliphatic carbocycles. The van der Waals surface area contributed by atoms with Crippen molar-refractivity contribution in [2.45, 2.75) is 25.9 Å². The van der Waals surface area contributed by atoms with Gasteiger partial charge in [0.2, 0.25) is 0 Å². The molecule has 21 heavy (non-hydrogen) atoms. The minimum absolute atomic E-state index is 0.0657. The molecule has 0 spiro atoms. The van der Waals surface area contributed by atoms with Crippen LogP contribution >= 0.6 is 0 Å². The Morgan fingerprint density at radius 2 is 2.29 bits per heavy atom. The van der Waals surface area contributed by atoms with Gasteiger partial charge < -0.3 is 15.2 Å². The van der Waals surface area contributed by atoms with E-state index in [4.69, 9.17) is 0 Å². The highest BCUT2D eigenvalue weighted by Gasteiger charge is 2.19. The average molecular weight is 284 g/mol. The van der Waals surface area contributed by atoms with Gasteiger partial charge in [-0.05, 0) is 31.0 Å². The van der Waals surface area contributed by atoms with Crippen LogP contribution in [0.1, 0.15) is 24.1 Å². The van der Waals surface area contributed by atoms with Gasteiger partial charge in [-0.15, -0.1) is 0 Å². The maximum absolute atomic E-state index is 12.1. The van der Waals surface area contributed by atoms with Crippen LogP contribution in [0.5, 0.6) is 0 Å². The Morgan fingerprint density at radius 3 is 3.14 bits per heavy atom. The van der Waals surface area contributed by atoms with Gasteiger partial charge in [0.1, 0.15) is 0 Å². The topological polar surface area (TPSA) is 59.0 Å². The number of anilines is 1. The van der Waals surface area contributed by atoms with Crippen molar-refractivity contribution in [3.63, 3.8) is 0 Å². The molecule has 1 aliphatic heterocycles. The van der Waals surface area contributed by atoms with E-state index in [0.29, 0.717) is 18.9 Å². The van der Waals surface area contributed by atoms with E-state index < -0.39 is 0 Å². The Kier molecular flexibility index (Phi) is 4.01. The maximum Gasteiger partial charge on any atom is 0.293 e. The first-order chi connectivity index (χ1) is 10.3. The second-order valence-electron chi connectivity index (χ2n) is 5.20. The van der Waals surface area contributed by atoms with Crippen LogP contribution in [-0.2, 0) is 13.0 Å². The van der Waals surface area contributed by atoms with Gasteiger partial charge in [0.05, 0.1) is 0 Å². The van der Waals surface area contributed by atoms with E-state index in [1.165, 1.54) is 11.1 Å². The molecule has 2 heterocycles. The highest BCUT2D eigenvalue weighted by atomic mass is 16.1. The highest BCUT2D eigenvalue weighted by molar-refractivity contribution is 5.36. The summed E-state index contributed by atoms with van der Waals surface area (Å²) in [7, 11) is 0. The molecule has 110 valence electrons. The lowest BCUT2D eigenvalue weighted by molar-refractivity contribution is 0.522. The third-order valence-electron chi connectivity index (χ3n) is 3.94. The summed E-state index contributed by atoms with van der Waals surface area (Å²) in [5.74, 6) is 0.421. The predicted octanol–water partition coefficient (Wildman–Crippen LogP) is 1.56. The van der Waals surface area contributed by atoms with Crippen molar-refractivity contribution in [1.82, 2.24) is 14.9 Å². The van der Waals surface area contributed by atoms with E-state index in [1.807, 2.05) is 6.92 Å². The second-order valence-corrected chi connectivity index (χ2v) is 5.20. The molecule has 1 unspecified atom stereocenters. The number of aryl methyl sites for hydroxylation is 1.